The van der Waals surface area contributed by atoms with Crippen LogP contribution in [0, 0.1) is 5.92 Å². The molecule has 1 atom stereocenters. The molecular formula is C19H22F3N3O3. The Hall–Kier alpha value is -2.58. The summed E-state index contributed by atoms with van der Waals surface area (Å²) in [5.41, 5.74) is -2.63. The third-order valence-corrected chi connectivity index (χ3v) is 5.28. The van der Waals surface area contributed by atoms with E-state index < -0.39 is 35.6 Å². The van der Waals surface area contributed by atoms with Crippen molar-refractivity contribution in [3.8, 4) is 0 Å². The molecule has 1 saturated carbocycles. The van der Waals surface area contributed by atoms with Gasteiger partial charge in [0.15, 0.2) is 0 Å². The molecule has 1 saturated heterocycles. The van der Waals surface area contributed by atoms with Crippen LogP contribution >= 0.6 is 0 Å². The lowest BCUT2D eigenvalue weighted by Crippen LogP contribution is -2.70. The predicted octanol–water partition coefficient (Wildman–Crippen LogP) is 2.74. The minimum absolute atomic E-state index is 0.213. The second-order valence-corrected chi connectivity index (χ2v) is 7.19. The molecule has 0 bridgehead atoms. The van der Waals surface area contributed by atoms with Crippen molar-refractivity contribution in [1.29, 1.82) is 0 Å². The molecule has 2 aliphatic rings. The molecule has 28 heavy (non-hydrogen) atoms. The zero-order chi connectivity index (χ0) is 20.4. The molecule has 0 aromatic heterocycles. The van der Waals surface area contributed by atoms with Gasteiger partial charge in [0.05, 0.1) is 0 Å². The average Bonchev–Trinajstić information content (AvgIpc) is 2.92. The van der Waals surface area contributed by atoms with Crippen LogP contribution in [-0.2, 0) is 16.0 Å². The van der Waals surface area contributed by atoms with Gasteiger partial charge in [0, 0.05) is 12.5 Å². The van der Waals surface area contributed by atoms with E-state index in [0.717, 1.165) is 24.8 Å². The van der Waals surface area contributed by atoms with E-state index in [2.05, 4.69) is 0 Å². The van der Waals surface area contributed by atoms with E-state index in [1.165, 1.54) is 0 Å². The Balaban J connectivity index is 1.77. The van der Waals surface area contributed by atoms with Gasteiger partial charge in [-0.05, 0) is 24.8 Å². The fraction of sp³-hybridized carbons (Fsp3) is 0.526. The van der Waals surface area contributed by atoms with Gasteiger partial charge in [-0.2, -0.15) is 13.2 Å². The van der Waals surface area contributed by atoms with Crippen molar-refractivity contribution in [2.45, 2.75) is 50.4 Å². The van der Waals surface area contributed by atoms with Gasteiger partial charge in [0.25, 0.3) is 11.6 Å². The molecule has 1 heterocycles. The van der Waals surface area contributed by atoms with Crippen LogP contribution in [0.5, 0.6) is 0 Å². The fourth-order valence-corrected chi connectivity index (χ4v) is 3.66. The average molecular weight is 397 g/mol. The number of benzene rings is 1. The van der Waals surface area contributed by atoms with Gasteiger partial charge in [-0.3, -0.25) is 19.8 Å². The minimum atomic E-state index is -5.16. The first-order valence-electron chi connectivity index (χ1n) is 9.31. The fourth-order valence-electron chi connectivity index (χ4n) is 3.66. The van der Waals surface area contributed by atoms with Crippen molar-refractivity contribution in [2.75, 3.05) is 6.54 Å². The lowest BCUT2D eigenvalue weighted by atomic mass is 9.88. The number of halogens is 3. The van der Waals surface area contributed by atoms with Crippen LogP contribution < -0.4 is 10.6 Å². The number of imide groups is 1. The van der Waals surface area contributed by atoms with Crippen LogP contribution in [0.3, 0.4) is 0 Å². The highest BCUT2D eigenvalue weighted by atomic mass is 19.4. The molecule has 0 spiro atoms. The monoisotopic (exact) mass is 397 g/mol. The molecule has 1 aliphatic heterocycles. The van der Waals surface area contributed by atoms with E-state index >= 15 is 0 Å². The number of hydrogen-bond donors (Lipinski definition) is 2. The molecule has 1 aromatic carbocycles. The number of urea groups is 1. The lowest BCUT2D eigenvalue weighted by molar-refractivity contribution is -0.204. The van der Waals surface area contributed by atoms with Crippen LogP contribution in [0.1, 0.15) is 37.7 Å². The summed E-state index contributed by atoms with van der Waals surface area (Å²) in [6.07, 6.45) is -1.58. The summed E-state index contributed by atoms with van der Waals surface area (Å²) in [6.45, 7) is -0.216. The van der Waals surface area contributed by atoms with Crippen LogP contribution in [-0.4, -0.2) is 41.1 Å². The minimum Gasteiger partial charge on any atom is -0.318 e. The largest absolute Gasteiger partial charge is 0.440 e. The number of carbonyl (C=O) groups is 3. The quantitative estimate of drug-likeness (QED) is 0.750. The highest BCUT2D eigenvalue weighted by Gasteiger charge is 2.68. The lowest BCUT2D eigenvalue weighted by Gasteiger charge is -2.32. The summed E-state index contributed by atoms with van der Waals surface area (Å²) in [5, 5.41) is 3.52. The second-order valence-electron chi connectivity index (χ2n) is 7.19. The third kappa shape index (κ3) is 3.83. The van der Waals surface area contributed by atoms with Gasteiger partial charge < -0.3 is 5.32 Å². The van der Waals surface area contributed by atoms with Gasteiger partial charge in [0.1, 0.15) is 0 Å². The molecule has 4 amide bonds. The normalized spacial score (nSPS) is 23.6. The molecule has 2 fully saturated rings. The molecule has 1 aromatic rings. The Kier molecular flexibility index (Phi) is 5.62. The zero-order valence-electron chi connectivity index (χ0n) is 15.2. The van der Waals surface area contributed by atoms with E-state index in [0.29, 0.717) is 17.7 Å². The summed E-state index contributed by atoms with van der Waals surface area (Å²) in [4.78, 5) is 37.7. The number of hydrogen-bond acceptors (Lipinski definition) is 3. The summed E-state index contributed by atoms with van der Waals surface area (Å²) in [7, 11) is 0. The van der Waals surface area contributed by atoms with Gasteiger partial charge in [-0.25, -0.2) is 4.79 Å². The summed E-state index contributed by atoms with van der Waals surface area (Å²) < 4.78 is 41.5. The number of alkyl halides is 3. The van der Waals surface area contributed by atoms with E-state index in [4.69, 9.17) is 0 Å². The maximum absolute atomic E-state index is 13.8. The molecule has 0 radical (unpaired) electrons. The van der Waals surface area contributed by atoms with Crippen LogP contribution in [0.4, 0.5) is 18.0 Å². The third-order valence-electron chi connectivity index (χ3n) is 5.28. The molecule has 6 nitrogen and oxygen atoms in total. The SMILES string of the molecule is O=C(N[C@]1(C(F)(F)F)NC(=O)N(CCc2ccccc2)C1=O)C1CCCCC1. The summed E-state index contributed by atoms with van der Waals surface area (Å²) >= 11 is 0. The molecule has 3 rings (SSSR count). The predicted molar refractivity (Wildman–Crippen MR) is 93.9 cm³/mol. The Morgan fingerprint density at radius 1 is 1.14 bits per heavy atom. The van der Waals surface area contributed by atoms with Crippen molar-refractivity contribution in [1.82, 2.24) is 15.5 Å². The first kappa shape index (κ1) is 20.2. The van der Waals surface area contributed by atoms with E-state index in [1.54, 1.807) is 35.6 Å². The highest BCUT2D eigenvalue weighted by Crippen LogP contribution is 2.35. The Morgan fingerprint density at radius 3 is 2.39 bits per heavy atom. The van der Waals surface area contributed by atoms with Crippen molar-refractivity contribution < 1.29 is 27.6 Å². The standard InChI is InChI=1S/C19H22F3N3O3/c20-19(21,22)18(23-15(26)14-9-5-2-6-10-14)16(27)25(17(28)24-18)12-11-13-7-3-1-4-8-13/h1,3-4,7-8,14H,2,5-6,9-12H2,(H,23,26)(H,24,28)/t18-/m0/s1. The van der Waals surface area contributed by atoms with Crippen molar-refractivity contribution in [3.05, 3.63) is 35.9 Å². The highest BCUT2D eigenvalue weighted by molar-refractivity contribution is 6.09. The molecule has 152 valence electrons. The number of nitrogens with one attached hydrogen (secondary N) is 2. The van der Waals surface area contributed by atoms with Crippen molar-refractivity contribution >= 4 is 17.8 Å². The number of amides is 4. The van der Waals surface area contributed by atoms with Crippen LogP contribution in [0.15, 0.2) is 30.3 Å². The second kappa shape index (κ2) is 7.81. The first-order chi connectivity index (χ1) is 13.2. The van der Waals surface area contributed by atoms with Crippen LogP contribution in [0.25, 0.3) is 0 Å². The molecular weight excluding hydrogens is 375 g/mol. The molecule has 1 aliphatic carbocycles. The van der Waals surface area contributed by atoms with Gasteiger partial charge in [-0.1, -0.05) is 49.6 Å². The van der Waals surface area contributed by atoms with Gasteiger partial charge >= 0.3 is 12.2 Å². The van der Waals surface area contributed by atoms with Gasteiger partial charge in [0.2, 0.25) is 5.91 Å². The Labute approximate surface area is 160 Å². The van der Waals surface area contributed by atoms with Gasteiger partial charge in [-0.15, -0.1) is 0 Å². The number of nitrogens with zero attached hydrogens (tertiary/aromatic N) is 1. The smallest absolute Gasteiger partial charge is 0.318 e. The van der Waals surface area contributed by atoms with E-state index in [9.17, 15) is 27.6 Å². The molecule has 9 heteroatoms. The van der Waals surface area contributed by atoms with Crippen LogP contribution in [0.2, 0.25) is 0 Å². The van der Waals surface area contributed by atoms with Crippen molar-refractivity contribution in [2.24, 2.45) is 5.92 Å². The maximum Gasteiger partial charge on any atom is 0.440 e. The first-order valence-corrected chi connectivity index (χ1v) is 9.31. The molecule has 0 unspecified atom stereocenters. The Bertz CT molecular complexity index is 748. The summed E-state index contributed by atoms with van der Waals surface area (Å²) in [5.74, 6) is -2.93. The topological polar surface area (TPSA) is 78.5 Å². The molecule has 2 N–H and O–H groups in total. The van der Waals surface area contributed by atoms with Crippen molar-refractivity contribution in [3.63, 3.8) is 0 Å². The maximum atomic E-state index is 13.8. The van der Waals surface area contributed by atoms with E-state index in [1.807, 2.05) is 5.32 Å². The Morgan fingerprint density at radius 2 is 1.79 bits per heavy atom. The van der Waals surface area contributed by atoms with E-state index in [-0.39, 0.29) is 13.0 Å². The number of rotatable bonds is 5. The number of carbonyl (C=O) groups excluding carboxylic acids is 3. The zero-order valence-corrected chi connectivity index (χ0v) is 15.2. The summed E-state index contributed by atoms with van der Waals surface area (Å²) in [6, 6.07) is 7.63.